The molecule has 0 aromatic heterocycles. The summed E-state index contributed by atoms with van der Waals surface area (Å²) < 4.78 is 25.1. The summed E-state index contributed by atoms with van der Waals surface area (Å²) >= 11 is 0. The molecule has 0 amide bonds. The van der Waals surface area contributed by atoms with E-state index in [1.165, 1.54) is 6.08 Å². The molecule has 0 bridgehead atoms. The summed E-state index contributed by atoms with van der Waals surface area (Å²) in [6.45, 7) is 6.64. The van der Waals surface area contributed by atoms with Gasteiger partial charge in [-0.15, -0.1) is 0 Å². The second kappa shape index (κ2) is 4.83. The molecule has 0 aromatic carbocycles. The number of allylic oxidation sites excluding steroid dienone is 5. The normalized spacial score (nSPS) is 14.4. The van der Waals surface area contributed by atoms with Gasteiger partial charge in [0, 0.05) is 0 Å². The van der Waals surface area contributed by atoms with Crippen molar-refractivity contribution >= 4 is 0 Å². The first-order valence-electron chi connectivity index (χ1n) is 3.46. The van der Waals surface area contributed by atoms with Gasteiger partial charge < -0.3 is 0 Å². The van der Waals surface area contributed by atoms with Crippen molar-refractivity contribution in [3.05, 3.63) is 36.0 Å². The van der Waals surface area contributed by atoms with Crippen molar-refractivity contribution in [1.29, 1.82) is 0 Å². The van der Waals surface area contributed by atoms with Gasteiger partial charge in [-0.2, -0.15) is 0 Å². The predicted molar refractivity (Wildman–Crippen MR) is 43.5 cm³/mol. The maximum atomic E-state index is 12.6. The quantitative estimate of drug-likeness (QED) is 0.549. The van der Waals surface area contributed by atoms with Crippen LogP contribution in [0.4, 0.5) is 8.78 Å². The van der Waals surface area contributed by atoms with Crippen molar-refractivity contribution < 1.29 is 8.78 Å². The fourth-order valence-corrected chi connectivity index (χ4v) is 0.506. The van der Waals surface area contributed by atoms with E-state index >= 15 is 0 Å². The van der Waals surface area contributed by atoms with Crippen LogP contribution < -0.4 is 0 Å². The molecule has 0 aromatic rings. The van der Waals surface area contributed by atoms with Gasteiger partial charge in [0.25, 0.3) is 0 Å². The highest BCUT2D eigenvalue weighted by atomic mass is 19.2. The number of rotatable bonds is 3. The van der Waals surface area contributed by atoms with Crippen LogP contribution in [0.3, 0.4) is 0 Å². The Morgan fingerprint density at radius 1 is 1.45 bits per heavy atom. The number of halogens is 2. The van der Waals surface area contributed by atoms with Crippen LogP contribution in [-0.2, 0) is 0 Å². The summed E-state index contributed by atoms with van der Waals surface area (Å²) in [7, 11) is 0. The van der Waals surface area contributed by atoms with Crippen molar-refractivity contribution in [3.63, 3.8) is 0 Å². The molecule has 0 atom stereocenters. The van der Waals surface area contributed by atoms with Gasteiger partial charge in [0.2, 0.25) is 0 Å². The first kappa shape index (κ1) is 10.1. The maximum Gasteiger partial charge on any atom is 0.154 e. The molecular formula is C9H12F2. The Hall–Kier alpha value is -0.920. The Morgan fingerprint density at radius 2 is 2.00 bits per heavy atom. The van der Waals surface area contributed by atoms with Gasteiger partial charge in [-0.05, 0) is 25.0 Å². The first-order chi connectivity index (χ1) is 5.11. The molecule has 0 radical (unpaired) electrons. The summed E-state index contributed by atoms with van der Waals surface area (Å²) in [6.07, 6.45) is 2.70. The molecule has 2 heteroatoms. The molecule has 0 nitrogen and oxygen atoms in total. The monoisotopic (exact) mass is 158 g/mol. The van der Waals surface area contributed by atoms with Crippen LogP contribution >= 0.6 is 0 Å². The lowest BCUT2D eigenvalue weighted by molar-refractivity contribution is 0.531. The van der Waals surface area contributed by atoms with Crippen LogP contribution in [0.1, 0.15) is 20.3 Å². The third-order valence-electron chi connectivity index (χ3n) is 1.25. The highest BCUT2D eigenvalue weighted by molar-refractivity contribution is 5.25. The summed E-state index contributed by atoms with van der Waals surface area (Å²) in [5.74, 6) is -1.52. The lowest BCUT2D eigenvalue weighted by Gasteiger charge is -1.92. The van der Waals surface area contributed by atoms with E-state index in [4.69, 9.17) is 0 Å². The molecule has 0 N–H and O–H groups in total. The summed E-state index contributed by atoms with van der Waals surface area (Å²) in [5, 5.41) is 0. The zero-order chi connectivity index (χ0) is 8.85. The predicted octanol–water partition coefficient (Wildman–Crippen LogP) is 3.68. The van der Waals surface area contributed by atoms with E-state index in [1.54, 1.807) is 13.8 Å². The van der Waals surface area contributed by atoms with Crippen molar-refractivity contribution in [1.82, 2.24) is 0 Å². The second-order valence-corrected chi connectivity index (χ2v) is 2.20. The van der Waals surface area contributed by atoms with Crippen molar-refractivity contribution in [2.45, 2.75) is 20.3 Å². The standard InChI is InChI=1S/C9H12F2/c1-4-7(3)6-9(11)8(10)5-2/h4,6H,1,5H2,2-3H3/b7-6-,9-8-. The Bertz CT molecular complexity index is 200. The molecule has 0 spiro atoms. The molecule has 0 rings (SSSR count). The van der Waals surface area contributed by atoms with Crippen LogP contribution in [0.25, 0.3) is 0 Å². The molecule has 62 valence electrons. The Balaban J connectivity index is 4.49. The summed E-state index contributed by atoms with van der Waals surface area (Å²) in [5.41, 5.74) is 0.617. The summed E-state index contributed by atoms with van der Waals surface area (Å²) in [6, 6.07) is 0. The van der Waals surface area contributed by atoms with Gasteiger partial charge in [0.05, 0.1) is 0 Å². The molecule has 0 aliphatic carbocycles. The van der Waals surface area contributed by atoms with Gasteiger partial charge in [-0.1, -0.05) is 19.6 Å². The SMILES string of the molecule is C=C/C(C)=C\C(F)=C(\F)CC. The van der Waals surface area contributed by atoms with Gasteiger partial charge in [0.15, 0.2) is 5.83 Å². The molecule has 0 saturated carbocycles. The maximum absolute atomic E-state index is 12.6. The fraction of sp³-hybridized carbons (Fsp3) is 0.333. The zero-order valence-electron chi connectivity index (χ0n) is 6.82. The van der Waals surface area contributed by atoms with Crippen LogP contribution in [0.15, 0.2) is 36.0 Å². The average molecular weight is 158 g/mol. The minimum Gasteiger partial charge on any atom is -0.209 e. The van der Waals surface area contributed by atoms with Crippen LogP contribution in [0, 0.1) is 0 Å². The van der Waals surface area contributed by atoms with E-state index in [0.29, 0.717) is 5.57 Å². The second-order valence-electron chi connectivity index (χ2n) is 2.20. The van der Waals surface area contributed by atoms with E-state index < -0.39 is 11.7 Å². The third kappa shape index (κ3) is 3.71. The highest BCUT2D eigenvalue weighted by Gasteiger charge is 1.99. The minimum absolute atomic E-state index is 0.0900. The van der Waals surface area contributed by atoms with Gasteiger partial charge in [0.1, 0.15) is 5.83 Å². The molecule has 0 aliphatic heterocycles. The molecule has 0 saturated heterocycles. The smallest absolute Gasteiger partial charge is 0.154 e. The molecule has 0 aliphatic rings. The average Bonchev–Trinajstić information content (AvgIpc) is 2.02. The van der Waals surface area contributed by atoms with E-state index in [-0.39, 0.29) is 6.42 Å². The Kier molecular flexibility index (Phi) is 4.42. The van der Waals surface area contributed by atoms with E-state index in [0.717, 1.165) is 6.08 Å². The largest absolute Gasteiger partial charge is 0.209 e. The number of hydrogen-bond acceptors (Lipinski definition) is 0. The van der Waals surface area contributed by atoms with E-state index in [9.17, 15) is 8.78 Å². The van der Waals surface area contributed by atoms with Crippen LogP contribution in [0.5, 0.6) is 0 Å². The Morgan fingerprint density at radius 3 is 2.36 bits per heavy atom. The first-order valence-corrected chi connectivity index (χ1v) is 3.46. The molecule has 11 heavy (non-hydrogen) atoms. The van der Waals surface area contributed by atoms with E-state index in [1.807, 2.05) is 0 Å². The molecule has 0 unspecified atom stereocenters. The minimum atomic E-state index is -0.801. The van der Waals surface area contributed by atoms with Gasteiger partial charge in [-0.3, -0.25) is 0 Å². The molecule has 0 fully saturated rings. The van der Waals surface area contributed by atoms with E-state index in [2.05, 4.69) is 6.58 Å². The van der Waals surface area contributed by atoms with Crippen LogP contribution in [-0.4, -0.2) is 0 Å². The summed E-state index contributed by atoms with van der Waals surface area (Å²) in [4.78, 5) is 0. The van der Waals surface area contributed by atoms with Crippen LogP contribution in [0.2, 0.25) is 0 Å². The highest BCUT2D eigenvalue weighted by Crippen LogP contribution is 2.14. The fourth-order valence-electron chi connectivity index (χ4n) is 0.506. The van der Waals surface area contributed by atoms with Gasteiger partial charge in [-0.25, -0.2) is 8.78 Å². The van der Waals surface area contributed by atoms with Crippen molar-refractivity contribution in [2.24, 2.45) is 0 Å². The topological polar surface area (TPSA) is 0 Å². The third-order valence-corrected chi connectivity index (χ3v) is 1.25. The zero-order valence-corrected chi connectivity index (χ0v) is 6.82. The van der Waals surface area contributed by atoms with Crippen molar-refractivity contribution in [3.8, 4) is 0 Å². The van der Waals surface area contributed by atoms with Crippen molar-refractivity contribution in [2.75, 3.05) is 0 Å². The Labute approximate surface area is 65.9 Å². The number of hydrogen-bond donors (Lipinski definition) is 0. The molecular weight excluding hydrogens is 146 g/mol. The van der Waals surface area contributed by atoms with Gasteiger partial charge >= 0.3 is 0 Å². The lowest BCUT2D eigenvalue weighted by Crippen LogP contribution is -1.76. The lowest BCUT2D eigenvalue weighted by atomic mass is 10.2. The molecule has 0 heterocycles.